The summed E-state index contributed by atoms with van der Waals surface area (Å²) in [4.78, 5) is 16.0. The van der Waals surface area contributed by atoms with Gasteiger partial charge in [0.2, 0.25) is 17.6 Å². The van der Waals surface area contributed by atoms with Crippen molar-refractivity contribution < 1.29 is 9.32 Å². The van der Waals surface area contributed by atoms with E-state index in [-0.39, 0.29) is 12.5 Å². The van der Waals surface area contributed by atoms with E-state index >= 15 is 0 Å². The van der Waals surface area contributed by atoms with Crippen LogP contribution in [-0.2, 0) is 11.3 Å². The first-order valence-corrected chi connectivity index (χ1v) is 7.01. The topological polar surface area (TPSA) is 68.0 Å². The number of allylic oxidation sites excluding steroid dienone is 1. The van der Waals surface area contributed by atoms with Crippen LogP contribution < -0.4 is 5.32 Å². The van der Waals surface area contributed by atoms with E-state index in [0.29, 0.717) is 22.3 Å². The number of hydrogen-bond acceptors (Lipinski definition) is 4. The van der Waals surface area contributed by atoms with Gasteiger partial charge < -0.3 is 9.84 Å². The SMILES string of the molecule is CC/C=C(/C)C(=O)NCc1nc(-c2cccc(Cl)c2)no1. The van der Waals surface area contributed by atoms with Gasteiger partial charge in [-0.15, -0.1) is 0 Å². The highest BCUT2D eigenvalue weighted by Gasteiger charge is 2.10. The summed E-state index contributed by atoms with van der Waals surface area (Å²) in [6, 6.07) is 7.18. The molecular formula is C15H16ClN3O2. The van der Waals surface area contributed by atoms with E-state index in [0.717, 1.165) is 12.0 Å². The van der Waals surface area contributed by atoms with Crippen molar-refractivity contribution in [3.05, 3.63) is 46.8 Å². The van der Waals surface area contributed by atoms with Crippen LogP contribution in [0.2, 0.25) is 5.02 Å². The van der Waals surface area contributed by atoms with Crippen LogP contribution in [0.25, 0.3) is 11.4 Å². The van der Waals surface area contributed by atoms with Gasteiger partial charge in [0, 0.05) is 16.2 Å². The number of carbonyl (C=O) groups excluding carboxylic acids is 1. The lowest BCUT2D eigenvalue weighted by Crippen LogP contribution is -2.23. The molecule has 1 aromatic heterocycles. The summed E-state index contributed by atoms with van der Waals surface area (Å²) in [5.41, 5.74) is 1.44. The van der Waals surface area contributed by atoms with Crippen molar-refractivity contribution in [3.63, 3.8) is 0 Å². The average molecular weight is 306 g/mol. The fourth-order valence-electron chi connectivity index (χ4n) is 1.77. The van der Waals surface area contributed by atoms with E-state index in [4.69, 9.17) is 16.1 Å². The molecule has 0 spiro atoms. The molecule has 0 saturated heterocycles. The van der Waals surface area contributed by atoms with Crippen molar-refractivity contribution in [2.45, 2.75) is 26.8 Å². The minimum absolute atomic E-state index is 0.139. The molecule has 5 nitrogen and oxygen atoms in total. The van der Waals surface area contributed by atoms with Gasteiger partial charge in [0.05, 0.1) is 6.54 Å². The van der Waals surface area contributed by atoms with Gasteiger partial charge in [0.1, 0.15) is 0 Å². The molecule has 1 aromatic carbocycles. The molecule has 1 N–H and O–H groups in total. The second-order valence-electron chi connectivity index (χ2n) is 4.50. The van der Waals surface area contributed by atoms with Crippen molar-refractivity contribution >= 4 is 17.5 Å². The largest absolute Gasteiger partial charge is 0.343 e. The molecule has 1 heterocycles. The summed E-state index contributed by atoms with van der Waals surface area (Å²) < 4.78 is 5.11. The molecule has 110 valence electrons. The maximum Gasteiger partial charge on any atom is 0.247 e. The van der Waals surface area contributed by atoms with Crippen LogP contribution in [0.4, 0.5) is 0 Å². The Morgan fingerprint density at radius 3 is 3.00 bits per heavy atom. The van der Waals surface area contributed by atoms with Crippen LogP contribution in [-0.4, -0.2) is 16.0 Å². The van der Waals surface area contributed by atoms with Gasteiger partial charge in [-0.3, -0.25) is 4.79 Å². The Kier molecular flexibility index (Phi) is 5.11. The van der Waals surface area contributed by atoms with Crippen LogP contribution in [0.3, 0.4) is 0 Å². The zero-order valence-corrected chi connectivity index (χ0v) is 12.6. The number of aromatic nitrogens is 2. The molecule has 0 radical (unpaired) electrons. The Bertz CT molecular complexity index is 664. The maximum atomic E-state index is 11.7. The van der Waals surface area contributed by atoms with Crippen molar-refractivity contribution in [1.82, 2.24) is 15.5 Å². The smallest absolute Gasteiger partial charge is 0.247 e. The van der Waals surface area contributed by atoms with Crippen molar-refractivity contribution in [1.29, 1.82) is 0 Å². The van der Waals surface area contributed by atoms with Crippen LogP contribution in [0.15, 0.2) is 40.4 Å². The summed E-state index contributed by atoms with van der Waals surface area (Å²) in [6.45, 7) is 3.94. The molecular weight excluding hydrogens is 290 g/mol. The highest BCUT2D eigenvalue weighted by atomic mass is 35.5. The number of rotatable bonds is 5. The molecule has 0 fully saturated rings. The second kappa shape index (κ2) is 7.04. The molecule has 2 rings (SSSR count). The summed E-state index contributed by atoms with van der Waals surface area (Å²) in [6.07, 6.45) is 2.68. The van der Waals surface area contributed by atoms with Crippen molar-refractivity contribution in [2.24, 2.45) is 0 Å². The molecule has 0 atom stereocenters. The second-order valence-corrected chi connectivity index (χ2v) is 4.94. The highest BCUT2D eigenvalue weighted by Crippen LogP contribution is 2.19. The first-order chi connectivity index (χ1) is 10.1. The zero-order chi connectivity index (χ0) is 15.2. The standard InChI is InChI=1S/C15H16ClN3O2/c1-3-5-10(2)15(20)17-9-13-18-14(19-21-13)11-6-4-7-12(16)8-11/h4-8H,3,9H2,1-2H3,(H,17,20)/b10-5-. The fraction of sp³-hybridized carbons (Fsp3) is 0.267. The Labute approximate surface area is 128 Å². The molecule has 0 unspecified atom stereocenters. The molecule has 1 amide bonds. The summed E-state index contributed by atoms with van der Waals surface area (Å²) >= 11 is 5.92. The number of halogens is 1. The third kappa shape index (κ3) is 4.16. The Balaban J connectivity index is 2.01. The van der Waals surface area contributed by atoms with Gasteiger partial charge in [0.15, 0.2) is 0 Å². The van der Waals surface area contributed by atoms with E-state index < -0.39 is 0 Å². The van der Waals surface area contributed by atoms with Crippen LogP contribution in [0, 0.1) is 0 Å². The lowest BCUT2D eigenvalue weighted by atomic mass is 10.2. The lowest BCUT2D eigenvalue weighted by molar-refractivity contribution is -0.117. The predicted octanol–water partition coefficient (Wildman–Crippen LogP) is 3.36. The fourth-order valence-corrected chi connectivity index (χ4v) is 1.96. The number of amides is 1. The number of hydrogen-bond donors (Lipinski definition) is 1. The first-order valence-electron chi connectivity index (χ1n) is 6.63. The molecule has 0 aliphatic heterocycles. The molecule has 2 aromatic rings. The van der Waals surface area contributed by atoms with Gasteiger partial charge in [0.25, 0.3) is 0 Å². The zero-order valence-electron chi connectivity index (χ0n) is 11.9. The van der Waals surface area contributed by atoms with Crippen LogP contribution in [0.5, 0.6) is 0 Å². The van der Waals surface area contributed by atoms with E-state index in [1.54, 1.807) is 19.1 Å². The molecule has 6 heteroatoms. The van der Waals surface area contributed by atoms with E-state index in [9.17, 15) is 4.79 Å². The number of carbonyl (C=O) groups is 1. The molecule has 0 bridgehead atoms. The quantitative estimate of drug-likeness (QED) is 0.860. The number of nitrogens with zero attached hydrogens (tertiary/aromatic N) is 2. The van der Waals surface area contributed by atoms with E-state index in [2.05, 4.69) is 15.5 Å². The normalized spacial score (nSPS) is 11.5. The summed E-state index contributed by atoms with van der Waals surface area (Å²) in [5.74, 6) is 0.657. The number of benzene rings is 1. The maximum absolute atomic E-state index is 11.7. The molecule has 0 saturated carbocycles. The van der Waals surface area contributed by atoms with Gasteiger partial charge >= 0.3 is 0 Å². The Morgan fingerprint density at radius 1 is 1.48 bits per heavy atom. The summed E-state index contributed by atoms with van der Waals surface area (Å²) in [5, 5.41) is 7.21. The van der Waals surface area contributed by atoms with Crippen molar-refractivity contribution in [3.8, 4) is 11.4 Å². The Hall–Kier alpha value is -2.14. The third-order valence-corrected chi connectivity index (χ3v) is 3.05. The van der Waals surface area contributed by atoms with Crippen LogP contribution in [0.1, 0.15) is 26.2 Å². The predicted molar refractivity (Wildman–Crippen MR) is 80.6 cm³/mol. The summed E-state index contributed by atoms with van der Waals surface area (Å²) in [7, 11) is 0. The molecule has 0 aliphatic rings. The third-order valence-electron chi connectivity index (χ3n) is 2.82. The van der Waals surface area contributed by atoms with Gasteiger partial charge in [-0.1, -0.05) is 41.9 Å². The Morgan fingerprint density at radius 2 is 2.29 bits per heavy atom. The molecule has 0 aliphatic carbocycles. The number of nitrogens with one attached hydrogen (secondary N) is 1. The van der Waals surface area contributed by atoms with Crippen molar-refractivity contribution in [2.75, 3.05) is 0 Å². The van der Waals surface area contributed by atoms with Crippen LogP contribution >= 0.6 is 11.6 Å². The minimum atomic E-state index is -0.139. The van der Waals surface area contributed by atoms with E-state index in [1.165, 1.54) is 0 Å². The van der Waals surface area contributed by atoms with Gasteiger partial charge in [-0.25, -0.2) is 0 Å². The van der Waals surface area contributed by atoms with E-state index in [1.807, 2.05) is 25.1 Å². The molecule has 21 heavy (non-hydrogen) atoms. The average Bonchev–Trinajstić information content (AvgIpc) is 2.94. The first kappa shape index (κ1) is 15.3. The monoisotopic (exact) mass is 305 g/mol. The highest BCUT2D eigenvalue weighted by molar-refractivity contribution is 6.30. The van der Waals surface area contributed by atoms with Gasteiger partial charge in [-0.05, 0) is 25.5 Å². The van der Waals surface area contributed by atoms with Gasteiger partial charge in [-0.2, -0.15) is 4.98 Å². The minimum Gasteiger partial charge on any atom is -0.343 e. The lowest BCUT2D eigenvalue weighted by Gasteiger charge is -2.01.